The second-order valence-corrected chi connectivity index (χ2v) is 10.7. The molecule has 0 bridgehead atoms. The molecule has 4 heterocycles. The van der Waals surface area contributed by atoms with Gasteiger partial charge < -0.3 is 4.90 Å². The van der Waals surface area contributed by atoms with E-state index >= 15 is 0 Å². The fourth-order valence-corrected chi connectivity index (χ4v) is 6.95. The number of carbonyl (C=O) groups excluding carboxylic acids is 1. The Morgan fingerprint density at radius 2 is 2.08 bits per heavy atom. The Kier molecular flexibility index (Phi) is 5.18. The minimum absolute atomic E-state index is 0.107. The summed E-state index contributed by atoms with van der Waals surface area (Å²) in [5.41, 5.74) is 0. The number of carbonyl (C=O) groups is 1. The highest BCUT2D eigenvalue weighted by molar-refractivity contribution is 8.00. The van der Waals surface area contributed by atoms with Crippen LogP contribution in [-0.4, -0.2) is 83.6 Å². The lowest BCUT2D eigenvalue weighted by Gasteiger charge is -2.37. The zero-order valence-corrected chi connectivity index (χ0v) is 16.7. The maximum absolute atomic E-state index is 12.5. The lowest BCUT2D eigenvalue weighted by atomic mass is 10.2. The zero-order chi connectivity index (χ0) is 18.1. The van der Waals surface area contributed by atoms with Crippen LogP contribution in [0.4, 0.5) is 0 Å². The summed E-state index contributed by atoms with van der Waals surface area (Å²) in [5.74, 6) is 1.03. The average Bonchev–Trinajstić information content (AvgIpc) is 3.26. The Bertz CT molecular complexity index is 906. The topological polar surface area (TPSA) is 83.5 Å². The van der Waals surface area contributed by atoms with E-state index in [0.717, 1.165) is 34.8 Å². The van der Waals surface area contributed by atoms with E-state index in [1.54, 1.807) is 17.7 Å². The molecule has 1 unspecified atom stereocenters. The van der Waals surface area contributed by atoms with E-state index in [1.807, 2.05) is 16.3 Å². The van der Waals surface area contributed by atoms with Crippen LogP contribution in [0.3, 0.4) is 0 Å². The van der Waals surface area contributed by atoms with E-state index in [-0.39, 0.29) is 17.7 Å². The Morgan fingerprint density at radius 3 is 2.81 bits per heavy atom. The van der Waals surface area contributed by atoms with Gasteiger partial charge in [-0.25, -0.2) is 18.4 Å². The van der Waals surface area contributed by atoms with Gasteiger partial charge in [-0.2, -0.15) is 0 Å². The first kappa shape index (κ1) is 18.1. The molecule has 0 spiro atoms. The molecule has 0 saturated carbocycles. The number of thiophene rings is 1. The minimum atomic E-state index is -2.86. The number of nitrogens with zero attached hydrogens (tertiary/aromatic N) is 4. The summed E-state index contributed by atoms with van der Waals surface area (Å²) in [4.78, 5) is 26.1. The van der Waals surface area contributed by atoms with Gasteiger partial charge in [-0.15, -0.1) is 11.3 Å². The third-order valence-electron chi connectivity index (χ3n) is 4.95. The molecule has 2 aromatic heterocycles. The van der Waals surface area contributed by atoms with Crippen molar-refractivity contribution in [2.24, 2.45) is 0 Å². The van der Waals surface area contributed by atoms with Gasteiger partial charge in [0.15, 0.2) is 9.84 Å². The van der Waals surface area contributed by atoms with Crippen molar-refractivity contribution in [2.45, 2.75) is 17.5 Å². The molecule has 0 N–H and O–H groups in total. The van der Waals surface area contributed by atoms with Crippen LogP contribution in [0.15, 0.2) is 22.8 Å². The number of hydrogen-bond acceptors (Lipinski definition) is 8. The molecule has 2 fully saturated rings. The van der Waals surface area contributed by atoms with E-state index in [2.05, 4.69) is 14.9 Å². The predicted molar refractivity (Wildman–Crippen MR) is 103 cm³/mol. The molecule has 2 aromatic rings. The highest BCUT2D eigenvalue weighted by atomic mass is 32.2. The second kappa shape index (κ2) is 7.41. The molecule has 0 aliphatic carbocycles. The lowest BCUT2D eigenvalue weighted by Crippen LogP contribution is -2.52. The van der Waals surface area contributed by atoms with Crippen molar-refractivity contribution in [1.82, 2.24) is 19.8 Å². The number of thioether (sulfide) groups is 1. The lowest BCUT2D eigenvalue weighted by molar-refractivity contribution is -0.130. The number of amides is 1. The van der Waals surface area contributed by atoms with Crippen molar-refractivity contribution in [3.8, 4) is 0 Å². The quantitative estimate of drug-likeness (QED) is 0.549. The Labute approximate surface area is 160 Å². The first-order chi connectivity index (χ1) is 12.5. The molecule has 1 amide bonds. The highest BCUT2D eigenvalue weighted by Gasteiger charge is 2.34. The molecule has 10 heteroatoms. The van der Waals surface area contributed by atoms with Crippen LogP contribution in [0.5, 0.6) is 0 Å². The van der Waals surface area contributed by atoms with Gasteiger partial charge in [0.1, 0.15) is 16.2 Å². The first-order valence-electron chi connectivity index (χ1n) is 8.55. The Balaban J connectivity index is 1.29. The molecule has 2 aliphatic rings. The van der Waals surface area contributed by atoms with Gasteiger partial charge in [-0.3, -0.25) is 9.69 Å². The van der Waals surface area contributed by atoms with E-state index in [9.17, 15) is 13.2 Å². The van der Waals surface area contributed by atoms with Gasteiger partial charge in [0, 0.05) is 37.6 Å². The number of fused-ring (bicyclic) bond motifs is 1. The summed E-state index contributed by atoms with van der Waals surface area (Å²) in [6.45, 7) is 2.82. The summed E-state index contributed by atoms with van der Waals surface area (Å²) in [7, 11) is -2.86. The van der Waals surface area contributed by atoms with Crippen molar-refractivity contribution in [1.29, 1.82) is 0 Å². The molecule has 0 radical (unpaired) electrons. The third kappa shape index (κ3) is 3.88. The zero-order valence-electron chi connectivity index (χ0n) is 14.2. The third-order valence-corrected chi connectivity index (χ3v) is 8.51. The summed E-state index contributed by atoms with van der Waals surface area (Å²) in [5, 5.41) is 3.83. The van der Waals surface area contributed by atoms with E-state index in [1.165, 1.54) is 11.8 Å². The number of hydrogen-bond donors (Lipinski definition) is 0. The van der Waals surface area contributed by atoms with Gasteiger partial charge in [0.25, 0.3) is 0 Å². The standard InChI is InChI=1S/C16H20N4O3S3/c21-14(9-25-16-13-1-7-24-15(13)17-11-18-16)20-5-3-19(4-6-20)12-2-8-26(22,23)10-12/h1,7,11-12H,2-6,8-10H2. The monoisotopic (exact) mass is 412 g/mol. The number of rotatable bonds is 4. The maximum atomic E-state index is 12.5. The molecule has 26 heavy (non-hydrogen) atoms. The van der Waals surface area contributed by atoms with Gasteiger partial charge in [0.2, 0.25) is 5.91 Å². The van der Waals surface area contributed by atoms with Crippen LogP contribution in [0.1, 0.15) is 6.42 Å². The molecule has 2 aliphatic heterocycles. The summed E-state index contributed by atoms with van der Waals surface area (Å²) < 4.78 is 23.3. The van der Waals surface area contributed by atoms with Crippen LogP contribution >= 0.6 is 23.1 Å². The van der Waals surface area contributed by atoms with E-state index < -0.39 is 9.84 Å². The van der Waals surface area contributed by atoms with Gasteiger partial charge in [0.05, 0.1) is 17.3 Å². The van der Waals surface area contributed by atoms with Crippen molar-refractivity contribution < 1.29 is 13.2 Å². The summed E-state index contributed by atoms with van der Waals surface area (Å²) >= 11 is 3.02. The van der Waals surface area contributed by atoms with Crippen LogP contribution in [0.25, 0.3) is 10.2 Å². The largest absolute Gasteiger partial charge is 0.339 e. The number of piperazine rings is 1. The number of sulfone groups is 1. The molecule has 4 rings (SSSR count). The van der Waals surface area contributed by atoms with Crippen molar-refractivity contribution in [2.75, 3.05) is 43.4 Å². The molecule has 0 aromatic carbocycles. The average molecular weight is 413 g/mol. The van der Waals surface area contributed by atoms with Gasteiger partial charge >= 0.3 is 0 Å². The molecule has 1 atom stereocenters. The smallest absolute Gasteiger partial charge is 0.233 e. The van der Waals surface area contributed by atoms with Gasteiger partial charge in [-0.05, 0) is 17.9 Å². The van der Waals surface area contributed by atoms with Crippen LogP contribution in [0.2, 0.25) is 0 Å². The molecular formula is C16H20N4O3S3. The normalized spacial score (nSPS) is 23.5. The summed E-state index contributed by atoms with van der Waals surface area (Å²) in [6.07, 6.45) is 2.26. The summed E-state index contributed by atoms with van der Waals surface area (Å²) in [6, 6.07) is 2.11. The maximum Gasteiger partial charge on any atom is 0.233 e. The van der Waals surface area contributed by atoms with Crippen molar-refractivity contribution in [3.63, 3.8) is 0 Å². The molecule has 2 saturated heterocycles. The Morgan fingerprint density at radius 1 is 1.27 bits per heavy atom. The highest BCUT2D eigenvalue weighted by Crippen LogP contribution is 2.28. The SMILES string of the molecule is O=C(CSc1ncnc2sccc12)N1CCN(C2CCS(=O)(=O)C2)CC1. The van der Waals surface area contributed by atoms with E-state index in [4.69, 9.17) is 0 Å². The molecular weight excluding hydrogens is 392 g/mol. The van der Waals surface area contributed by atoms with E-state index in [0.29, 0.717) is 24.6 Å². The van der Waals surface area contributed by atoms with Crippen LogP contribution in [-0.2, 0) is 14.6 Å². The molecule has 7 nitrogen and oxygen atoms in total. The second-order valence-electron chi connectivity index (χ2n) is 6.58. The van der Waals surface area contributed by atoms with Crippen LogP contribution in [0, 0.1) is 0 Å². The fraction of sp³-hybridized carbons (Fsp3) is 0.562. The van der Waals surface area contributed by atoms with Crippen molar-refractivity contribution >= 4 is 49.1 Å². The molecule has 140 valence electrons. The first-order valence-corrected chi connectivity index (χ1v) is 12.2. The minimum Gasteiger partial charge on any atom is -0.339 e. The van der Waals surface area contributed by atoms with Crippen molar-refractivity contribution in [3.05, 3.63) is 17.8 Å². The van der Waals surface area contributed by atoms with Gasteiger partial charge in [-0.1, -0.05) is 11.8 Å². The predicted octanol–water partition coefficient (Wildman–Crippen LogP) is 1.11. The number of aromatic nitrogens is 2. The fourth-order valence-electron chi connectivity index (χ4n) is 3.50. The Hall–Kier alpha value is -1.23. The van der Waals surface area contributed by atoms with Crippen LogP contribution < -0.4 is 0 Å².